The Labute approximate surface area is 98.9 Å². The minimum Gasteiger partial charge on any atom is -0.399 e. The average Bonchev–Trinajstić information content (AvgIpc) is 2.43. The van der Waals surface area contributed by atoms with Crippen LogP contribution < -0.4 is 11.1 Å². The molecule has 0 aliphatic carbocycles. The minimum absolute atomic E-state index is 0.102. The normalized spacial score (nSPS) is 23.2. The molecule has 2 rings (SSSR count). The first-order chi connectivity index (χ1) is 7.44. The lowest BCUT2D eigenvalue weighted by atomic mass is 10.2. The molecular weight excluding hydrogens is 250 g/mol. The van der Waals surface area contributed by atoms with Gasteiger partial charge in [0.1, 0.15) is 11.0 Å². The number of hydrogen-bond donors (Lipinski definition) is 2. The molecule has 0 radical (unpaired) electrons. The van der Waals surface area contributed by atoms with Crippen molar-refractivity contribution in [2.75, 3.05) is 22.6 Å². The van der Waals surface area contributed by atoms with Crippen molar-refractivity contribution in [2.45, 2.75) is 12.5 Å². The minimum atomic E-state index is -2.89. The number of nitrogens with two attached hydrogens (primary N) is 1. The highest BCUT2D eigenvalue weighted by molar-refractivity contribution is 7.91. The molecule has 5 nitrogen and oxygen atoms in total. The number of aromatic nitrogens is 1. The van der Waals surface area contributed by atoms with Crippen molar-refractivity contribution in [3.8, 4) is 0 Å². The van der Waals surface area contributed by atoms with Crippen molar-refractivity contribution in [3.05, 3.63) is 17.3 Å². The van der Waals surface area contributed by atoms with E-state index in [-0.39, 0.29) is 17.5 Å². The van der Waals surface area contributed by atoms with Crippen LogP contribution in [0.15, 0.2) is 12.1 Å². The molecule has 88 valence electrons. The first-order valence-electron chi connectivity index (χ1n) is 4.85. The summed E-state index contributed by atoms with van der Waals surface area (Å²) in [6.45, 7) is 0. The Bertz CT molecular complexity index is 483. The zero-order valence-corrected chi connectivity index (χ0v) is 10.1. The van der Waals surface area contributed by atoms with Gasteiger partial charge in [0.15, 0.2) is 9.84 Å². The summed E-state index contributed by atoms with van der Waals surface area (Å²) in [7, 11) is -2.89. The molecule has 1 atom stereocenters. The smallest absolute Gasteiger partial charge is 0.152 e. The van der Waals surface area contributed by atoms with Gasteiger partial charge in [-0.15, -0.1) is 0 Å². The maximum atomic E-state index is 11.3. The molecule has 0 spiro atoms. The Morgan fingerprint density at radius 2 is 2.25 bits per heavy atom. The van der Waals surface area contributed by atoms with Gasteiger partial charge in [0.25, 0.3) is 0 Å². The van der Waals surface area contributed by atoms with E-state index in [2.05, 4.69) is 10.3 Å². The molecule has 0 aromatic carbocycles. The molecule has 1 saturated heterocycles. The van der Waals surface area contributed by atoms with E-state index in [4.69, 9.17) is 17.3 Å². The molecule has 0 amide bonds. The molecule has 0 bridgehead atoms. The van der Waals surface area contributed by atoms with Gasteiger partial charge in [0.05, 0.1) is 11.5 Å². The van der Waals surface area contributed by atoms with Crippen molar-refractivity contribution < 1.29 is 8.42 Å². The first-order valence-corrected chi connectivity index (χ1v) is 7.04. The van der Waals surface area contributed by atoms with E-state index in [1.165, 1.54) is 6.07 Å². The lowest BCUT2D eigenvalue weighted by molar-refractivity contribution is 0.602. The highest BCUT2D eigenvalue weighted by Gasteiger charge is 2.27. The number of halogens is 1. The Morgan fingerprint density at radius 1 is 1.50 bits per heavy atom. The van der Waals surface area contributed by atoms with Crippen LogP contribution in [0.25, 0.3) is 0 Å². The molecule has 1 aromatic heterocycles. The summed E-state index contributed by atoms with van der Waals surface area (Å²) in [5.41, 5.74) is 6.11. The van der Waals surface area contributed by atoms with Gasteiger partial charge in [0.2, 0.25) is 0 Å². The lowest BCUT2D eigenvalue weighted by Crippen LogP contribution is -2.21. The van der Waals surface area contributed by atoms with Crippen molar-refractivity contribution in [1.82, 2.24) is 4.98 Å². The van der Waals surface area contributed by atoms with Gasteiger partial charge in [-0.2, -0.15) is 0 Å². The van der Waals surface area contributed by atoms with Crippen LogP contribution in [-0.4, -0.2) is 30.9 Å². The van der Waals surface area contributed by atoms with Gasteiger partial charge in [0, 0.05) is 17.8 Å². The van der Waals surface area contributed by atoms with Crippen molar-refractivity contribution in [2.24, 2.45) is 0 Å². The molecule has 16 heavy (non-hydrogen) atoms. The summed E-state index contributed by atoms with van der Waals surface area (Å²) < 4.78 is 22.5. The Morgan fingerprint density at radius 3 is 2.81 bits per heavy atom. The number of anilines is 2. The molecule has 7 heteroatoms. The maximum Gasteiger partial charge on any atom is 0.152 e. The number of nitrogens with zero attached hydrogens (tertiary/aromatic N) is 1. The highest BCUT2D eigenvalue weighted by atomic mass is 35.5. The summed E-state index contributed by atoms with van der Waals surface area (Å²) in [5.74, 6) is 0.883. The van der Waals surface area contributed by atoms with E-state index >= 15 is 0 Å². The number of sulfone groups is 1. The van der Waals surface area contributed by atoms with Crippen LogP contribution >= 0.6 is 11.6 Å². The molecular formula is C9H12ClN3O2S. The fraction of sp³-hybridized carbons (Fsp3) is 0.444. The molecule has 1 aliphatic rings. The van der Waals surface area contributed by atoms with E-state index in [0.717, 1.165) is 0 Å². The van der Waals surface area contributed by atoms with E-state index in [1.807, 2.05) is 0 Å². The first kappa shape index (κ1) is 11.5. The predicted molar refractivity (Wildman–Crippen MR) is 64.3 cm³/mol. The molecule has 3 N–H and O–H groups in total. The molecule has 1 aromatic rings. The summed E-state index contributed by atoms with van der Waals surface area (Å²) in [6.07, 6.45) is 0.594. The van der Waals surface area contributed by atoms with E-state index < -0.39 is 9.84 Å². The molecule has 1 unspecified atom stereocenters. The van der Waals surface area contributed by atoms with E-state index in [0.29, 0.717) is 23.1 Å². The van der Waals surface area contributed by atoms with Gasteiger partial charge in [-0.05, 0) is 12.5 Å². The quantitative estimate of drug-likeness (QED) is 0.773. The number of hydrogen-bond acceptors (Lipinski definition) is 5. The van der Waals surface area contributed by atoms with E-state index in [9.17, 15) is 8.42 Å². The summed E-state index contributed by atoms with van der Waals surface area (Å²) >= 11 is 5.74. The average molecular weight is 262 g/mol. The predicted octanol–water partition coefficient (Wildman–Crippen LogP) is 0.916. The molecule has 1 aliphatic heterocycles. The zero-order chi connectivity index (χ0) is 11.8. The topological polar surface area (TPSA) is 85.1 Å². The second-order valence-corrected chi connectivity index (χ2v) is 6.47. The van der Waals surface area contributed by atoms with Crippen LogP contribution in [0.2, 0.25) is 5.15 Å². The zero-order valence-electron chi connectivity index (χ0n) is 8.48. The third kappa shape index (κ3) is 2.76. The standard InChI is InChI=1S/C9H12ClN3O2S/c10-8-3-6(11)4-9(13-8)12-7-1-2-16(14,15)5-7/h3-4,7H,1-2,5H2,(H3,11,12,13). The van der Waals surface area contributed by atoms with Crippen LogP contribution in [0.3, 0.4) is 0 Å². The van der Waals surface area contributed by atoms with Crippen molar-refractivity contribution >= 4 is 32.9 Å². The summed E-state index contributed by atoms with van der Waals surface area (Å²) in [6, 6.07) is 3.07. The van der Waals surface area contributed by atoms with Crippen molar-refractivity contribution in [1.29, 1.82) is 0 Å². The van der Waals surface area contributed by atoms with Crippen LogP contribution in [0.5, 0.6) is 0 Å². The number of pyridine rings is 1. The second kappa shape index (κ2) is 4.10. The van der Waals surface area contributed by atoms with Crippen LogP contribution in [0, 0.1) is 0 Å². The number of nitrogens with one attached hydrogen (secondary N) is 1. The van der Waals surface area contributed by atoms with Gasteiger partial charge >= 0.3 is 0 Å². The summed E-state index contributed by atoms with van der Waals surface area (Å²) in [5, 5.41) is 3.32. The second-order valence-electron chi connectivity index (χ2n) is 3.85. The number of rotatable bonds is 2. The Hall–Kier alpha value is -1.01. The van der Waals surface area contributed by atoms with Gasteiger partial charge in [-0.25, -0.2) is 13.4 Å². The summed E-state index contributed by atoms with van der Waals surface area (Å²) in [4.78, 5) is 4.02. The van der Waals surface area contributed by atoms with Gasteiger partial charge < -0.3 is 11.1 Å². The number of nitrogen functional groups attached to an aromatic ring is 1. The van der Waals surface area contributed by atoms with E-state index in [1.54, 1.807) is 6.07 Å². The fourth-order valence-corrected chi connectivity index (χ4v) is 3.60. The lowest BCUT2D eigenvalue weighted by Gasteiger charge is -2.11. The van der Waals surface area contributed by atoms with Gasteiger partial charge in [-0.1, -0.05) is 11.6 Å². The molecule has 0 saturated carbocycles. The third-order valence-electron chi connectivity index (χ3n) is 2.40. The Balaban J connectivity index is 2.10. The largest absolute Gasteiger partial charge is 0.399 e. The van der Waals surface area contributed by atoms with Crippen molar-refractivity contribution in [3.63, 3.8) is 0 Å². The monoisotopic (exact) mass is 261 g/mol. The SMILES string of the molecule is Nc1cc(Cl)nc(NC2CCS(=O)(=O)C2)c1. The Kier molecular flexibility index (Phi) is 2.94. The fourth-order valence-electron chi connectivity index (χ4n) is 1.71. The third-order valence-corrected chi connectivity index (χ3v) is 4.36. The maximum absolute atomic E-state index is 11.3. The molecule has 2 heterocycles. The van der Waals surface area contributed by atoms with Crippen LogP contribution in [-0.2, 0) is 9.84 Å². The molecule has 1 fully saturated rings. The van der Waals surface area contributed by atoms with Gasteiger partial charge in [-0.3, -0.25) is 0 Å². The van der Waals surface area contributed by atoms with Crippen LogP contribution in [0.1, 0.15) is 6.42 Å². The van der Waals surface area contributed by atoms with Crippen LogP contribution in [0.4, 0.5) is 11.5 Å². The highest BCUT2D eigenvalue weighted by Crippen LogP contribution is 2.20.